The second kappa shape index (κ2) is 7.51. The van der Waals surface area contributed by atoms with Crippen LogP contribution in [0.2, 0.25) is 0 Å². The van der Waals surface area contributed by atoms with E-state index in [2.05, 4.69) is 47.9 Å². The van der Waals surface area contributed by atoms with Gasteiger partial charge in [-0.15, -0.1) is 0 Å². The van der Waals surface area contributed by atoms with Crippen molar-refractivity contribution in [3.8, 4) is 0 Å². The molecule has 1 aliphatic heterocycles. The van der Waals surface area contributed by atoms with Gasteiger partial charge in [0.15, 0.2) is 0 Å². The molecule has 0 aliphatic carbocycles. The van der Waals surface area contributed by atoms with Crippen LogP contribution in [0.1, 0.15) is 25.3 Å². The minimum Gasteiger partial charge on any atom is -0.361 e. The van der Waals surface area contributed by atoms with E-state index < -0.39 is 0 Å². The molecule has 3 heteroatoms. The lowest BCUT2D eigenvalue weighted by Gasteiger charge is -2.28. The first kappa shape index (κ1) is 14.4. The van der Waals surface area contributed by atoms with Gasteiger partial charge in [0.2, 0.25) is 0 Å². The topological polar surface area (TPSA) is 15.7 Å². The number of rotatable bonds is 7. The first-order valence-corrected chi connectivity index (χ1v) is 7.42. The van der Waals surface area contributed by atoms with Gasteiger partial charge in [-0.05, 0) is 51.4 Å². The smallest absolute Gasteiger partial charge is 0.118 e. The van der Waals surface area contributed by atoms with Crippen LogP contribution in [-0.4, -0.2) is 44.4 Å². The number of hydrogen-bond donors (Lipinski definition) is 0. The summed E-state index contributed by atoms with van der Waals surface area (Å²) in [6.45, 7) is 10.4. The second-order valence-corrected chi connectivity index (χ2v) is 5.22. The van der Waals surface area contributed by atoms with E-state index in [-0.39, 0.29) is 0 Å². The summed E-state index contributed by atoms with van der Waals surface area (Å²) in [5.41, 5.74) is 2.62. The van der Waals surface area contributed by atoms with E-state index >= 15 is 0 Å². The lowest BCUT2D eigenvalue weighted by atomic mass is 10.2. The van der Waals surface area contributed by atoms with E-state index in [4.69, 9.17) is 4.74 Å². The van der Waals surface area contributed by atoms with E-state index in [0.717, 1.165) is 19.7 Å². The van der Waals surface area contributed by atoms with Crippen molar-refractivity contribution in [2.45, 2.75) is 26.7 Å². The fourth-order valence-electron chi connectivity index (χ4n) is 2.64. The maximum absolute atomic E-state index is 5.63. The van der Waals surface area contributed by atoms with Crippen molar-refractivity contribution < 1.29 is 4.74 Å². The molecule has 1 aromatic carbocycles. The summed E-state index contributed by atoms with van der Waals surface area (Å²) in [4.78, 5) is 4.91. The Kier molecular flexibility index (Phi) is 5.67. The Balaban J connectivity index is 1.96. The lowest BCUT2D eigenvalue weighted by molar-refractivity contribution is 0.145. The molecule has 0 radical (unpaired) electrons. The predicted molar refractivity (Wildman–Crippen MR) is 80.7 cm³/mol. The van der Waals surface area contributed by atoms with Crippen molar-refractivity contribution in [3.63, 3.8) is 0 Å². The predicted octanol–water partition coefficient (Wildman–Crippen LogP) is 2.89. The molecule has 1 fully saturated rings. The number of anilines is 1. The van der Waals surface area contributed by atoms with Crippen molar-refractivity contribution in [3.05, 3.63) is 29.8 Å². The molecule has 1 aliphatic rings. The normalized spacial score (nSPS) is 15.9. The number of likely N-dealkylation sites (tertiary alicyclic amines) is 1. The van der Waals surface area contributed by atoms with E-state index in [1.54, 1.807) is 0 Å². The molecule has 1 heterocycles. The van der Waals surface area contributed by atoms with Crippen LogP contribution in [0.4, 0.5) is 5.69 Å². The first-order chi connectivity index (χ1) is 9.31. The Labute approximate surface area is 117 Å². The maximum Gasteiger partial charge on any atom is 0.118 e. The number of hydrogen-bond acceptors (Lipinski definition) is 3. The Hall–Kier alpha value is -1.06. The van der Waals surface area contributed by atoms with Crippen LogP contribution in [0.25, 0.3) is 0 Å². The molecule has 0 spiro atoms. The van der Waals surface area contributed by atoms with Gasteiger partial charge in [0, 0.05) is 25.4 Å². The molecule has 0 bridgehead atoms. The van der Waals surface area contributed by atoms with Crippen LogP contribution < -0.4 is 4.90 Å². The number of aryl methyl sites for hydroxylation is 1. The van der Waals surface area contributed by atoms with E-state index in [1.165, 1.54) is 37.2 Å². The molecule has 106 valence electrons. The highest BCUT2D eigenvalue weighted by Gasteiger charge is 2.14. The lowest BCUT2D eigenvalue weighted by Crippen LogP contribution is -2.35. The first-order valence-electron chi connectivity index (χ1n) is 7.42. The zero-order valence-electron chi connectivity index (χ0n) is 12.3. The summed E-state index contributed by atoms with van der Waals surface area (Å²) >= 11 is 0. The number of nitrogens with zero attached hydrogens (tertiary/aromatic N) is 2. The number of ether oxygens (including phenoxy) is 1. The molecular formula is C16H26N2O. The molecule has 0 aromatic heterocycles. The quantitative estimate of drug-likeness (QED) is 0.703. The van der Waals surface area contributed by atoms with E-state index in [1.807, 2.05) is 0 Å². The summed E-state index contributed by atoms with van der Waals surface area (Å²) in [7, 11) is 0. The zero-order valence-corrected chi connectivity index (χ0v) is 12.3. The van der Waals surface area contributed by atoms with Crippen LogP contribution in [0, 0.1) is 6.92 Å². The molecule has 0 saturated carbocycles. The molecule has 0 unspecified atom stereocenters. The molecule has 1 aromatic rings. The van der Waals surface area contributed by atoms with Gasteiger partial charge in [0.1, 0.15) is 6.73 Å². The second-order valence-electron chi connectivity index (χ2n) is 5.22. The Morgan fingerprint density at radius 3 is 2.63 bits per heavy atom. The monoisotopic (exact) mass is 262 g/mol. The standard InChI is InChI=1S/C16H26N2O/c1-3-19-14-18(13-12-17-10-6-7-11-17)16-9-5-4-8-15(16)2/h4-5,8-9H,3,6-7,10-14H2,1-2H3. The molecular weight excluding hydrogens is 236 g/mol. The Morgan fingerprint density at radius 2 is 1.95 bits per heavy atom. The van der Waals surface area contributed by atoms with Crippen molar-refractivity contribution in [2.24, 2.45) is 0 Å². The third-order valence-corrected chi connectivity index (χ3v) is 3.79. The minimum absolute atomic E-state index is 0.690. The summed E-state index contributed by atoms with van der Waals surface area (Å²) in [5.74, 6) is 0. The Bertz CT molecular complexity index is 375. The van der Waals surface area contributed by atoms with Crippen molar-refractivity contribution in [1.29, 1.82) is 0 Å². The van der Waals surface area contributed by atoms with Gasteiger partial charge >= 0.3 is 0 Å². The van der Waals surface area contributed by atoms with Gasteiger partial charge in [-0.1, -0.05) is 18.2 Å². The van der Waals surface area contributed by atoms with Gasteiger partial charge in [-0.3, -0.25) is 0 Å². The average molecular weight is 262 g/mol. The summed E-state index contributed by atoms with van der Waals surface area (Å²) in [5, 5.41) is 0. The van der Waals surface area contributed by atoms with Crippen molar-refractivity contribution in [1.82, 2.24) is 4.90 Å². The van der Waals surface area contributed by atoms with Crippen LogP contribution in [0.15, 0.2) is 24.3 Å². The zero-order chi connectivity index (χ0) is 13.5. The van der Waals surface area contributed by atoms with Crippen molar-refractivity contribution >= 4 is 5.69 Å². The third kappa shape index (κ3) is 4.22. The fourth-order valence-corrected chi connectivity index (χ4v) is 2.64. The molecule has 0 amide bonds. The van der Waals surface area contributed by atoms with Crippen LogP contribution in [-0.2, 0) is 4.74 Å². The van der Waals surface area contributed by atoms with Gasteiger partial charge in [-0.25, -0.2) is 0 Å². The van der Waals surface area contributed by atoms with Crippen molar-refractivity contribution in [2.75, 3.05) is 44.4 Å². The fraction of sp³-hybridized carbons (Fsp3) is 0.625. The SMILES string of the molecule is CCOCN(CCN1CCCC1)c1ccccc1C. The highest BCUT2D eigenvalue weighted by molar-refractivity contribution is 5.52. The van der Waals surface area contributed by atoms with Crippen LogP contribution in [0.3, 0.4) is 0 Å². The summed E-state index contributed by atoms with van der Waals surface area (Å²) < 4.78 is 5.63. The third-order valence-electron chi connectivity index (χ3n) is 3.79. The van der Waals surface area contributed by atoms with Gasteiger partial charge in [0.25, 0.3) is 0 Å². The number of benzene rings is 1. The highest BCUT2D eigenvalue weighted by Crippen LogP contribution is 2.19. The summed E-state index contributed by atoms with van der Waals surface area (Å²) in [6.07, 6.45) is 2.71. The van der Waals surface area contributed by atoms with Crippen LogP contribution in [0.5, 0.6) is 0 Å². The largest absolute Gasteiger partial charge is 0.361 e. The highest BCUT2D eigenvalue weighted by atomic mass is 16.5. The van der Waals surface area contributed by atoms with E-state index in [0.29, 0.717) is 6.73 Å². The van der Waals surface area contributed by atoms with E-state index in [9.17, 15) is 0 Å². The Morgan fingerprint density at radius 1 is 1.21 bits per heavy atom. The maximum atomic E-state index is 5.63. The van der Waals surface area contributed by atoms with Crippen LogP contribution >= 0.6 is 0 Å². The summed E-state index contributed by atoms with van der Waals surface area (Å²) in [6, 6.07) is 8.57. The van der Waals surface area contributed by atoms with Gasteiger partial charge in [0.05, 0.1) is 0 Å². The van der Waals surface area contributed by atoms with Gasteiger partial charge < -0.3 is 14.5 Å². The number of para-hydroxylation sites is 1. The molecule has 19 heavy (non-hydrogen) atoms. The van der Waals surface area contributed by atoms with Gasteiger partial charge in [-0.2, -0.15) is 0 Å². The molecule has 3 nitrogen and oxygen atoms in total. The molecule has 0 atom stereocenters. The minimum atomic E-state index is 0.690. The molecule has 1 saturated heterocycles. The molecule has 2 rings (SSSR count). The molecule has 0 N–H and O–H groups in total. The average Bonchev–Trinajstić information content (AvgIpc) is 2.93.